The average molecular weight is 394 g/mol. The molecule has 0 aromatic carbocycles. The van der Waals surface area contributed by atoms with E-state index < -0.39 is 0 Å². The van der Waals surface area contributed by atoms with E-state index in [1.54, 1.807) is 30.6 Å². The zero-order valence-electron chi connectivity index (χ0n) is 16.5. The first kappa shape index (κ1) is 19.5. The van der Waals surface area contributed by atoms with Gasteiger partial charge in [0.25, 0.3) is 5.91 Å². The predicted octanol–water partition coefficient (Wildman–Crippen LogP) is 2.01. The molecule has 0 saturated carbocycles. The Kier molecular flexibility index (Phi) is 5.58. The van der Waals surface area contributed by atoms with Gasteiger partial charge in [-0.1, -0.05) is 6.07 Å². The number of aliphatic hydroxyl groups is 1. The first-order chi connectivity index (χ1) is 14.1. The number of hydrogen-bond donors (Lipinski definition) is 1. The van der Waals surface area contributed by atoms with Crippen LogP contribution in [0.15, 0.2) is 42.7 Å². The molecule has 2 aliphatic heterocycles. The molecule has 0 radical (unpaired) electrons. The standard InChI is InChI=1S/C22H26N4O3/c27-14-18-3-1-4-19(24-18)21(29)25-12-2-8-22(15-25)9-5-20(28)26(16-22)13-17-6-10-23-11-7-17/h1,3-4,6-7,10-11,27H,2,5,8-9,12-16H2/t22-/m1/s1. The number of amides is 2. The van der Waals surface area contributed by atoms with Crippen LogP contribution in [-0.4, -0.2) is 56.3 Å². The summed E-state index contributed by atoms with van der Waals surface area (Å²) in [6.45, 7) is 2.40. The van der Waals surface area contributed by atoms with Gasteiger partial charge in [-0.2, -0.15) is 0 Å². The first-order valence-electron chi connectivity index (χ1n) is 10.1. The van der Waals surface area contributed by atoms with Gasteiger partial charge in [-0.15, -0.1) is 0 Å². The molecule has 4 rings (SSSR count). The molecule has 152 valence electrons. The number of aromatic nitrogens is 2. The number of carbonyl (C=O) groups is 2. The maximum absolute atomic E-state index is 13.0. The van der Waals surface area contributed by atoms with Crippen LogP contribution in [0.25, 0.3) is 0 Å². The van der Waals surface area contributed by atoms with Gasteiger partial charge in [0.15, 0.2) is 0 Å². The van der Waals surface area contributed by atoms with E-state index in [2.05, 4.69) is 9.97 Å². The second kappa shape index (κ2) is 8.29. The lowest BCUT2D eigenvalue weighted by atomic mass is 9.73. The topological polar surface area (TPSA) is 86.6 Å². The fourth-order valence-corrected chi connectivity index (χ4v) is 4.52. The maximum Gasteiger partial charge on any atom is 0.272 e. The number of nitrogens with zero attached hydrogens (tertiary/aromatic N) is 4. The average Bonchev–Trinajstić information content (AvgIpc) is 2.77. The molecule has 1 atom stereocenters. The largest absolute Gasteiger partial charge is 0.390 e. The van der Waals surface area contributed by atoms with Crippen LogP contribution in [0, 0.1) is 5.41 Å². The number of piperidine rings is 2. The van der Waals surface area contributed by atoms with Crippen molar-refractivity contribution in [1.29, 1.82) is 0 Å². The number of hydrogen-bond acceptors (Lipinski definition) is 5. The molecular formula is C22H26N4O3. The van der Waals surface area contributed by atoms with Gasteiger partial charge in [0.2, 0.25) is 5.91 Å². The molecule has 7 heteroatoms. The summed E-state index contributed by atoms with van der Waals surface area (Å²) < 4.78 is 0. The highest BCUT2D eigenvalue weighted by Gasteiger charge is 2.43. The lowest BCUT2D eigenvalue weighted by Gasteiger charge is -2.48. The molecule has 2 fully saturated rings. The maximum atomic E-state index is 13.0. The van der Waals surface area contributed by atoms with Gasteiger partial charge in [0.1, 0.15) is 5.69 Å². The molecule has 7 nitrogen and oxygen atoms in total. The van der Waals surface area contributed by atoms with Crippen molar-refractivity contribution < 1.29 is 14.7 Å². The summed E-state index contributed by atoms with van der Waals surface area (Å²) in [7, 11) is 0. The van der Waals surface area contributed by atoms with E-state index in [9.17, 15) is 14.7 Å². The number of pyridine rings is 2. The molecule has 1 N–H and O–H groups in total. The summed E-state index contributed by atoms with van der Waals surface area (Å²) in [5.41, 5.74) is 1.87. The molecule has 2 saturated heterocycles. The third-order valence-corrected chi connectivity index (χ3v) is 6.01. The molecule has 2 aromatic heterocycles. The van der Waals surface area contributed by atoms with Gasteiger partial charge in [-0.05, 0) is 49.1 Å². The van der Waals surface area contributed by atoms with E-state index in [1.807, 2.05) is 21.9 Å². The SMILES string of the molecule is O=C1CC[C@@]2(CCCN(C(=O)c3cccc(CO)n3)C2)CN1Cc1ccncc1. The van der Waals surface area contributed by atoms with Crippen LogP contribution in [0.4, 0.5) is 0 Å². The minimum absolute atomic E-state index is 0.0660. The lowest BCUT2D eigenvalue weighted by molar-refractivity contribution is -0.139. The van der Waals surface area contributed by atoms with Crippen molar-refractivity contribution in [1.82, 2.24) is 19.8 Å². The second-order valence-electron chi connectivity index (χ2n) is 8.11. The first-order valence-corrected chi connectivity index (χ1v) is 10.1. The van der Waals surface area contributed by atoms with Gasteiger partial charge in [-0.3, -0.25) is 14.6 Å². The summed E-state index contributed by atoms with van der Waals surface area (Å²) in [6, 6.07) is 9.03. The van der Waals surface area contributed by atoms with Gasteiger partial charge < -0.3 is 14.9 Å². The Balaban J connectivity index is 1.48. The van der Waals surface area contributed by atoms with Crippen molar-refractivity contribution in [3.05, 3.63) is 59.7 Å². The summed E-state index contributed by atoms with van der Waals surface area (Å²) >= 11 is 0. The molecular weight excluding hydrogens is 368 g/mol. The Morgan fingerprint density at radius 2 is 1.97 bits per heavy atom. The quantitative estimate of drug-likeness (QED) is 0.857. The molecule has 0 aliphatic carbocycles. The van der Waals surface area contributed by atoms with Crippen molar-refractivity contribution >= 4 is 11.8 Å². The summed E-state index contributed by atoms with van der Waals surface area (Å²) in [5, 5.41) is 9.30. The van der Waals surface area contributed by atoms with E-state index in [-0.39, 0.29) is 23.8 Å². The zero-order valence-corrected chi connectivity index (χ0v) is 16.5. The Morgan fingerprint density at radius 1 is 1.14 bits per heavy atom. The van der Waals surface area contributed by atoms with Gasteiger partial charge in [0, 0.05) is 50.4 Å². The molecule has 2 aliphatic rings. The number of likely N-dealkylation sites (tertiary alicyclic amines) is 2. The Hall–Kier alpha value is -2.80. The predicted molar refractivity (Wildman–Crippen MR) is 107 cm³/mol. The van der Waals surface area contributed by atoms with E-state index in [0.29, 0.717) is 44.0 Å². The van der Waals surface area contributed by atoms with Crippen molar-refractivity contribution in [2.45, 2.75) is 38.8 Å². The van der Waals surface area contributed by atoms with Crippen LogP contribution in [0.5, 0.6) is 0 Å². The molecule has 2 aromatic rings. The monoisotopic (exact) mass is 394 g/mol. The van der Waals surface area contributed by atoms with Crippen LogP contribution in [0.3, 0.4) is 0 Å². The highest BCUT2D eigenvalue weighted by Crippen LogP contribution is 2.39. The summed E-state index contributed by atoms with van der Waals surface area (Å²) in [6.07, 6.45) is 6.75. The van der Waals surface area contributed by atoms with Crippen molar-refractivity contribution in [2.24, 2.45) is 5.41 Å². The Morgan fingerprint density at radius 3 is 2.76 bits per heavy atom. The van der Waals surface area contributed by atoms with E-state index in [4.69, 9.17) is 0 Å². The van der Waals surface area contributed by atoms with Gasteiger partial charge in [0.05, 0.1) is 12.3 Å². The van der Waals surface area contributed by atoms with Gasteiger partial charge in [-0.25, -0.2) is 4.98 Å². The molecule has 4 heterocycles. The Bertz CT molecular complexity index is 889. The van der Waals surface area contributed by atoms with E-state index in [1.165, 1.54) is 0 Å². The molecule has 1 spiro atoms. The molecule has 29 heavy (non-hydrogen) atoms. The summed E-state index contributed by atoms with van der Waals surface area (Å²) in [5.74, 6) is 0.0742. The van der Waals surface area contributed by atoms with Crippen LogP contribution < -0.4 is 0 Å². The van der Waals surface area contributed by atoms with Crippen molar-refractivity contribution in [2.75, 3.05) is 19.6 Å². The fourth-order valence-electron chi connectivity index (χ4n) is 4.52. The van der Waals surface area contributed by atoms with Crippen LogP contribution in [0.1, 0.15) is 47.4 Å². The third kappa shape index (κ3) is 4.29. The van der Waals surface area contributed by atoms with Crippen molar-refractivity contribution in [3.63, 3.8) is 0 Å². The molecule has 0 bridgehead atoms. The number of rotatable bonds is 4. The van der Waals surface area contributed by atoms with Crippen LogP contribution in [0.2, 0.25) is 0 Å². The molecule has 0 unspecified atom stereocenters. The zero-order chi connectivity index (χ0) is 20.3. The van der Waals surface area contributed by atoms with E-state index in [0.717, 1.165) is 24.8 Å². The normalized spacial score (nSPS) is 22.2. The second-order valence-corrected chi connectivity index (χ2v) is 8.11. The minimum atomic E-state index is -0.183. The fraction of sp³-hybridized carbons (Fsp3) is 0.455. The van der Waals surface area contributed by atoms with Crippen molar-refractivity contribution in [3.8, 4) is 0 Å². The highest BCUT2D eigenvalue weighted by atomic mass is 16.3. The number of carbonyl (C=O) groups excluding carboxylic acids is 2. The van der Waals surface area contributed by atoms with Gasteiger partial charge >= 0.3 is 0 Å². The lowest BCUT2D eigenvalue weighted by Crippen LogP contribution is -2.54. The highest BCUT2D eigenvalue weighted by molar-refractivity contribution is 5.92. The van der Waals surface area contributed by atoms with Crippen LogP contribution in [-0.2, 0) is 17.9 Å². The smallest absolute Gasteiger partial charge is 0.272 e. The third-order valence-electron chi connectivity index (χ3n) is 6.01. The van der Waals surface area contributed by atoms with E-state index >= 15 is 0 Å². The minimum Gasteiger partial charge on any atom is -0.390 e. The number of aliphatic hydroxyl groups excluding tert-OH is 1. The molecule has 2 amide bonds. The summed E-state index contributed by atoms with van der Waals surface area (Å²) in [4.78, 5) is 37.7. The van der Waals surface area contributed by atoms with Crippen LogP contribution >= 0.6 is 0 Å². The Labute approximate surface area is 170 Å².